The predicted octanol–water partition coefficient (Wildman–Crippen LogP) is 3.98. The van der Waals surface area contributed by atoms with Crippen molar-refractivity contribution in [1.29, 1.82) is 0 Å². The lowest BCUT2D eigenvalue weighted by Gasteiger charge is -2.15. The van der Waals surface area contributed by atoms with Gasteiger partial charge in [0.2, 0.25) is 11.8 Å². The van der Waals surface area contributed by atoms with E-state index in [1.165, 1.54) is 0 Å². The zero-order valence-corrected chi connectivity index (χ0v) is 16.1. The summed E-state index contributed by atoms with van der Waals surface area (Å²) in [6.45, 7) is 1.56. The van der Waals surface area contributed by atoms with E-state index in [1.807, 2.05) is 53.2 Å². The fourth-order valence-corrected chi connectivity index (χ4v) is 4.10. The first-order valence-electron chi connectivity index (χ1n) is 9.81. The summed E-state index contributed by atoms with van der Waals surface area (Å²) < 4.78 is 7.84. The molecule has 1 amide bonds. The van der Waals surface area contributed by atoms with Crippen LogP contribution in [0.4, 0.5) is 0 Å². The molecule has 0 saturated heterocycles. The number of nitrogens with one attached hydrogen (secondary N) is 1. The molecular weight excluding hydrogens is 366 g/mol. The largest absolute Gasteiger partial charge is 0.436 e. The Morgan fingerprint density at radius 2 is 1.90 bits per heavy atom. The van der Waals surface area contributed by atoms with Gasteiger partial charge in [-0.25, -0.2) is 9.67 Å². The first-order valence-corrected chi connectivity index (χ1v) is 9.81. The standard InChI is InChI=1S/C22H21N5O2/c1-14(28)24-17-10-11-18(12-17)27-20(13-23-26-27)15-6-8-16(9-7-15)22-25-19-4-2-3-5-21(19)29-22/h2-9,13,17-18H,10-12H2,1H3,(H,24,28). The van der Waals surface area contributed by atoms with Crippen molar-refractivity contribution in [1.82, 2.24) is 25.3 Å². The zero-order valence-electron chi connectivity index (χ0n) is 16.1. The maximum absolute atomic E-state index is 11.3. The number of oxazole rings is 1. The van der Waals surface area contributed by atoms with Gasteiger partial charge in [-0.2, -0.15) is 0 Å². The van der Waals surface area contributed by atoms with E-state index in [4.69, 9.17) is 4.42 Å². The fraction of sp³-hybridized carbons (Fsp3) is 0.273. The van der Waals surface area contributed by atoms with Gasteiger partial charge in [0.05, 0.1) is 17.9 Å². The third-order valence-electron chi connectivity index (χ3n) is 5.45. The molecule has 1 aliphatic carbocycles. The number of fused-ring (bicyclic) bond motifs is 1. The van der Waals surface area contributed by atoms with Crippen molar-refractivity contribution in [2.24, 2.45) is 0 Å². The van der Waals surface area contributed by atoms with Crippen LogP contribution in [-0.4, -0.2) is 31.9 Å². The number of carbonyl (C=O) groups excluding carboxylic acids is 1. The number of benzene rings is 2. The molecule has 29 heavy (non-hydrogen) atoms. The molecule has 0 spiro atoms. The van der Waals surface area contributed by atoms with E-state index in [9.17, 15) is 4.79 Å². The highest BCUT2D eigenvalue weighted by Gasteiger charge is 2.28. The average Bonchev–Trinajstić information content (AvgIpc) is 3.46. The Bertz CT molecular complexity index is 1130. The van der Waals surface area contributed by atoms with Crippen LogP contribution in [0.5, 0.6) is 0 Å². The van der Waals surface area contributed by atoms with Gasteiger partial charge in [-0.15, -0.1) is 5.10 Å². The molecule has 1 N–H and O–H groups in total. The summed E-state index contributed by atoms with van der Waals surface area (Å²) >= 11 is 0. The van der Waals surface area contributed by atoms with Gasteiger partial charge in [-0.05, 0) is 43.5 Å². The average molecular weight is 387 g/mol. The second-order valence-corrected chi connectivity index (χ2v) is 7.49. The van der Waals surface area contributed by atoms with Crippen LogP contribution in [-0.2, 0) is 4.79 Å². The lowest BCUT2D eigenvalue weighted by Crippen LogP contribution is -2.30. The van der Waals surface area contributed by atoms with Crippen molar-refractivity contribution in [3.63, 3.8) is 0 Å². The van der Waals surface area contributed by atoms with E-state index in [0.717, 1.165) is 47.2 Å². The molecule has 2 aromatic heterocycles. The number of para-hydroxylation sites is 2. The van der Waals surface area contributed by atoms with Gasteiger partial charge in [-0.3, -0.25) is 4.79 Å². The van der Waals surface area contributed by atoms with Gasteiger partial charge in [0.25, 0.3) is 0 Å². The molecule has 2 atom stereocenters. The Kier molecular flexibility index (Phi) is 4.35. The molecule has 2 heterocycles. The summed E-state index contributed by atoms with van der Waals surface area (Å²) in [5.74, 6) is 0.627. The molecule has 0 aliphatic heterocycles. The zero-order chi connectivity index (χ0) is 19.8. The number of aromatic nitrogens is 4. The summed E-state index contributed by atoms with van der Waals surface area (Å²) in [6.07, 6.45) is 4.60. The van der Waals surface area contributed by atoms with E-state index in [1.54, 1.807) is 13.1 Å². The van der Waals surface area contributed by atoms with Crippen molar-refractivity contribution >= 4 is 17.0 Å². The van der Waals surface area contributed by atoms with Crippen molar-refractivity contribution in [2.45, 2.75) is 38.3 Å². The Hall–Kier alpha value is -3.48. The first-order chi connectivity index (χ1) is 14.2. The minimum absolute atomic E-state index is 0.0178. The van der Waals surface area contributed by atoms with Gasteiger partial charge < -0.3 is 9.73 Å². The number of carbonyl (C=O) groups is 1. The quantitative estimate of drug-likeness (QED) is 0.572. The third-order valence-corrected chi connectivity index (χ3v) is 5.45. The van der Waals surface area contributed by atoms with Crippen LogP contribution >= 0.6 is 0 Å². The van der Waals surface area contributed by atoms with Crippen molar-refractivity contribution in [3.05, 3.63) is 54.7 Å². The van der Waals surface area contributed by atoms with E-state index in [-0.39, 0.29) is 18.0 Å². The molecule has 146 valence electrons. The molecule has 2 unspecified atom stereocenters. The normalized spacial score (nSPS) is 18.9. The molecule has 1 aliphatic rings. The summed E-state index contributed by atoms with van der Waals surface area (Å²) in [5, 5.41) is 11.5. The van der Waals surface area contributed by atoms with Crippen LogP contribution in [0.3, 0.4) is 0 Å². The Labute approximate surface area is 167 Å². The summed E-state index contributed by atoms with van der Waals surface area (Å²) in [4.78, 5) is 15.9. The topological polar surface area (TPSA) is 85.8 Å². The van der Waals surface area contributed by atoms with Gasteiger partial charge in [0.1, 0.15) is 5.52 Å². The minimum Gasteiger partial charge on any atom is -0.436 e. The molecule has 7 nitrogen and oxygen atoms in total. The van der Waals surface area contributed by atoms with Crippen LogP contribution in [0, 0.1) is 0 Å². The van der Waals surface area contributed by atoms with Crippen LogP contribution in [0.1, 0.15) is 32.2 Å². The highest BCUT2D eigenvalue weighted by molar-refractivity contribution is 5.76. The monoisotopic (exact) mass is 387 g/mol. The Morgan fingerprint density at radius 3 is 2.69 bits per heavy atom. The maximum Gasteiger partial charge on any atom is 0.227 e. The molecule has 0 radical (unpaired) electrons. The summed E-state index contributed by atoms with van der Waals surface area (Å²) in [7, 11) is 0. The Balaban J connectivity index is 1.39. The maximum atomic E-state index is 11.3. The molecule has 1 saturated carbocycles. The van der Waals surface area contributed by atoms with Crippen LogP contribution in [0.15, 0.2) is 59.1 Å². The second-order valence-electron chi connectivity index (χ2n) is 7.49. The summed E-state index contributed by atoms with van der Waals surface area (Å²) in [5.41, 5.74) is 4.57. The van der Waals surface area contributed by atoms with E-state index < -0.39 is 0 Å². The first kappa shape index (κ1) is 17.6. The van der Waals surface area contributed by atoms with Crippen LogP contribution in [0.2, 0.25) is 0 Å². The fourth-order valence-electron chi connectivity index (χ4n) is 4.10. The van der Waals surface area contributed by atoms with Gasteiger partial charge in [0.15, 0.2) is 5.58 Å². The minimum atomic E-state index is 0.0178. The van der Waals surface area contributed by atoms with Gasteiger partial charge in [0, 0.05) is 24.1 Å². The molecule has 2 aromatic carbocycles. The number of hydrogen-bond donors (Lipinski definition) is 1. The number of nitrogens with zero attached hydrogens (tertiary/aromatic N) is 4. The van der Waals surface area contributed by atoms with Crippen molar-refractivity contribution in [3.8, 4) is 22.7 Å². The SMILES string of the molecule is CC(=O)NC1CCC(n2nncc2-c2ccc(-c3nc4ccccc4o3)cc2)C1. The third kappa shape index (κ3) is 3.40. The molecular formula is C22H21N5O2. The Morgan fingerprint density at radius 1 is 1.10 bits per heavy atom. The molecule has 1 fully saturated rings. The molecule has 0 bridgehead atoms. The second kappa shape index (κ2) is 7.16. The lowest BCUT2D eigenvalue weighted by molar-refractivity contribution is -0.119. The lowest BCUT2D eigenvalue weighted by atomic mass is 10.1. The highest BCUT2D eigenvalue weighted by Crippen LogP contribution is 2.33. The predicted molar refractivity (Wildman–Crippen MR) is 109 cm³/mol. The van der Waals surface area contributed by atoms with E-state index >= 15 is 0 Å². The number of hydrogen-bond acceptors (Lipinski definition) is 5. The number of amides is 1. The highest BCUT2D eigenvalue weighted by atomic mass is 16.3. The van der Waals surface area contributed by atoms with Gasteiger partial charge >= 0.3 is 0 Å². The molecule has 5 rings (SSSR count). The smallest absolute Gasteiger partial charge is 0.227 e. The molecule has 4 aromatic rings. The van der Waals surface area contributed by atoms with E-state index in [2.05, 4.69) is 20.6 Å². The van der Waals surface area contributed by atoms with Crippen LogP contribution in [0.25, 0.3) is 33.8 Å². The number of rotatable bonds is 4. The molecule has 7 heteroatoms. The van der Waals surface area contributed by atoms with Gasteiger partial charge in [-0.1, -0.05) is 29.5 Å². The van der Waals surface area contributed by atoms with Crippen molar-refractivity contribution < 1.29 is 9.21 Å². The van der Waals surface area contributed by atoms with Crippen LogP contribution < -0.4 is 5.32 Å². The van der Waals surface area contributed by atoms with E-state index in [0.29, 0.717) is 5.89 Å². The summed E-state index contributed by atoms with van der Waals surface area (Å²) in [6, 6.07) is 16.3. The van der Waals surface area contributed by atoms with Crippen molar-refractivity contribution in [2.75, 3.05) is 0 Å².